The van der Waals surface area contributed by atoms with Crippen LogP contribution < -0.4 is 4.74 Å². The zero-order valence-corrected chi connectivity index (χ0v) is 13.8. The second-order valence-electron chi connectivity index (χ2n) is 4.69. The summed E-state index contributed by atoms with van der Waals surface area (Å²) in [6, 6.07) is 2.81. The molecule has 20 heavy (non-hydrogen) atoms. The smallest absolute Gasteiger partial charge is 0.271 e. The van der Waals surface area contributed by atoms with E-state index in [1.54, 1.807) is 0 Å². The van der Waals surface area contributed by atoms with Gasteiger partial charge >= 0.3 is 0 Å². The maximum Gasteiger partial charge on any atom is 0.271 e. The molecular formula is C13H13Br2NO4. The number of hydrogen-bond donors (Lipinski definition) is 0. The van der Waals surface area contributed by atoms with Crippen LogP contribution >= 0.6 is 31.9 Å². The summed E-state index contributed by atoms with van der Waals surface area (Å²) in [5.74, 6) is 0.946. The minimum Gasteiger partial charge on any atom is -0.491 e. The van der Waals surface area contributed by atoms with Gasteiger partial charge in [0.2, 0.25) is 0 Å². The van der Waals surface area contributed by atoms with Gasteiger partial charge in [-0.2, -0.15) is 0 Å². The first-order valence-corrected chi connectivity index (χ1v) is 7.86. The van der Waals surface area contributed by atoms with Crippen LogP contribution in [0, 0.1) is 16.0 Å². The molecule has 0 radical (unpaired) electrons. The molecule has 1 aliphatic carbocycles. The van der Waals surface area contributed by atoms with E-state index in [-0.39, 0.29) is 11.6 Å². The summed E-state index contributed by atoms with van der Waals surface area (Å²) in [5.41, 5.74) is -0.0120. The highest BCUT2D eigenvalue weighted by Gasteiger charge is 2.24. The molecule has 0 aromatic heterocycles. The molecule has 1 atom stereocenters. The fourth-order valence-corrected chi connectivity index (χ4v) is 3.68. The second kappa shape index (κ2) is 6.67. The summed E-state index contributed by atoms with van der Waals surface area (Å²) < 4.78 is 6.69. The molecule has 0 amide bonds. The second-order valence-corrected chi connectivity index (χ2v) is 6.40. The normalized spacial score (nSPS) is 18.3. The molecule has 2 rings (SSSR count). The summed E-state index contributed by atoms with van der Waals surface area (Å²) >= 11 is 6.53. The van der Waals surface area contributed by atoms with Crippen LogP contribution in [0.4, 0.5) is 5.69 Å². The van der Waals surface area contributed by atoms with Gasteiger partial charge in [-0.1, -0.05) is 0 Å². The summed E-state index contributed by atoms with van der Waals surface area (Å²) in [5, 5.41) is 10.7. The molecule has 108 valence electrons. The molecule has 1 unspecified atom stereocenters. The molecule has 1 fully saturated rings. The molecule has 0 spiro atoms. The highest BCUT2D eigenvalue weighted by molar-refractivity contribution is 9.11. The maximum absolute atomic E-state index is 11.5. The van der Waals surface area contributed by atoms with Gasteiger partial charge < -0.3 is 4.74 Å². The minimum absolute atomic E-state index is 0.0120. The zero-order chi connectivity index (χ0) is 14.7. The van der Waals surface area contributed by atoms with Crippen LogP contribution in [-0.4, -0.2) is 17.3 Å². The van der Waals surface area contributed by atoms with Crippen LogP contribution in [0.3, 0.4) is 0 Å². The van der Waals surface area contributed by atoms with E-state index >= 15 is 0 Å². The number of rotatable bonds is 5. The fraction of sp³-hybridized carbons (Fsp3) is 0.462. The van der Waals surface area contributed by atoms with Crippen molar-refractivity contribution in [3.05, 3.63) is 31.2 Å². The predicted octanol–water partition coefficient (Wildman–Crippen LogP) is 4.26. The van der Waals surface area contributed by atoms with E-state index in [4.69, 9.17) is 4.74 Å². The van der Waals surface area contributed by atoms with E-state index in [1.807, 2.05) is 0 Å². The molecule has 1 saturated carbocycles. The van der Waals surface area contributed by atoms with Crippen LogP contribution in [0.15, 0.2) is 21.1 Å². The lowest BCUT2D eigenvalue weighted by atomic mass is 10.0. The Bertz CT molecular complexity index is 524. The molecule has 0 heterocycles. The Morgan fingerprint density at radius 1 is 1.35 bits per heavy atom. The number of carbonyl (C=O) groups excluding carboxylic acids is 1. The summed E-state index contributed by atoms with van der Waals surface area (Å²) in [4.78, 5) is 21.8. The summed E-state index contributed by atoms with van der Waals surface area (Å²) in [7, 11) is 0. The number of ketones is 1. The van der Waals surface area contributed by atoms with Gasteiger partial charge in [0.15, 0.2) is 0 Å². The van der Waals surface area contributed by atoms with Crippen molar-refractivity contribution in [2.45, 2.75) is 25.7 Å². The molecular weight excluding hydrogens is 394 g/mol. The Labute approximate surface area is 133 Å². The number of Topliss-reactive ketones (excluding diaryl/α,β-unsaturated/α-hetero) is 1. The standard InChI is InChI=1S/C13H13Br2NO4/c14-10-6-9(16(18)19)7-11(15)13(10)20-5-4-8-2-1-3-12(8)17/h6-8H,1-5H2. The van der Waals surface area contributed by atoms with E-state index in [0.29, 0.717) is 39.9 Å². The quantitative estimate of drug-likeness (QED) is 0.541. The van der Waals surface area contributed by atoms with E-state index in [0.717, 1.165) is 12.8 Å². The first-order chi connectivity index (χ1) is 9.49. The number of carbonyl (C=O) groups is 1. The highest BCUT2D eigenvalue weighted by Crippen LogP contribution is 2.37. The Morgan fingerprint density at radius 2 is 2.00 bits per heavy atom. The third-order valence-corrected chi connectivity index (χ3v) is 4.52. The predicted molar refractivity (Wildman–Crippen MR) is 81.0 cm³/mol. The lowest BCUT2D eigenvalue weighted by Crippen LogP contribution is -2.11. The van der Waals surface area contributed by atoms with Crippen molar-refractivity contribution in [1.82, 2.24) is 0 Å². The Morgan fingerprint density at radius 3 is 2.50 bits per heavy atom. The van der Waals surface area contributed by atoms with Crippen molar-refractivity contribution < 1.29 is 14.5 Å². The molecule has 0 saturated heterocycles. The van der Waals surface area contributed by atoms with Gasteiger partial charge in [-0.25, -0.2) is 0 Å². The monoisotopic (exact) mass is 405 g/mol. The van der Waals surface area contributed by atoms with Gasteiger partial charge in [-0.3, -0.25) is 14.9 Å². The topological polar surface area (TPSA) is 69.4 Å². The molecule has 0 bridgehead atoms. The van der Waals surface area contributed by atoms with Gasteiger partial charge in [-0.05, 0) is 51.1 Å². The average molecular weight is 407 g/mol. The van der Waals surface area contributed by atoms with Crippen LogP contribution in [0.2, 0.25) is 0 Å². The number of hydrogen-bond acceptors (Lipinski definition) is 4. The Kier molecular flexibility index (Phi) is 5.15. The number of non-ortho nitro benzene ring substituents is 1. The van der Waals surface area contributed by atoms with Gasteiger partial charge in [0.05, 0.1) is 20.5 Å². The first kappa shape index (κ1) is 15.4. The van der Waals surface area contributed by atoms with E-state index in [9.17, 15) is 14.9 Å². The lowest BCUT2D eigenvalue weighted by Gasteiger charge is -2.12. The van der Waals surface area contributed by atoms with Crippen molar-refractivity contribution in [3.63, 3.8) is 0 Å². The first-order valence-electron chi connectivity index (χ1n) is 6.28. The van der Waals surface area contributed by atoms with Crippen LogP contribution in [0.25, 0.3) is 0 Å². The van der Waals surface area contributed by atoms with Crippen molar-refractivity contribution >= 4 is 43.3 Å². The maximum atomic E-state index is 11.5. The van der Waals surface area contributed by atoms with Crippen molar-refractivity contribution in [1.29, 1.82) is 0 Å². The average Bonchev–Trinajstić information content (AvgIpc) is 2.78. The van der Waals surface area contributed by atoms with E-state index < -0.39 is 4.92 Å². The molecule has 0 N–H and O–H groups in total. The van der Waals surface area contributed by atoms with E-state index in [2.05, 4.69) is 31.9 Å². The summed E-state index contributed by atoms with van der Waals surface area (Å²) in [6.07, 6.45) is 3.27. The summed E-state index contributed by atoms with van der Waals surface area (Å²) in [6.45, 7) is 0.422. The lowest BCUT2D eigenvalue weighted by molar-refractivity contribution is -0.385. The molecule has 7 heteroatoms. The van der Waals surface area contributed by atoms with Gasteiger partial charge in [0, 0.05) is 24.5 Å². The highest BCUT2D eigenvalue weighted by atomic mass is 79.9. The number of nitro groups is 1. The molecule has 1 aliphatic rings. The number of ether oxygens (including phenoxy) is 1. The van der Waals surface area contributed by atoms with Crippen LogP contribution in [0.5, 0.6) is 5.75 Å². The third-order valence-electron chi connectivity index (χ3n) is 3.34. The SMILES string of the molecule is O=C1CCCC1CCOc1c(Br)cc([N+](=O)[O-])cc1Br. The molecule has 0 aliphatic heterocycles. The van der Waals surface area contributed by atoms with Gasteiger partial charge in [-0.15, -0.1) is 0 Å². The number of nitro benzene ring substituents is 1. The Hall–Kier alpha value is -0.950. The fourth-order valence-electron chi connectivity index (χ4n) is 2.29. The van der Waals surface area contributed by atoms with Gasteiger partial charge in [0.25, 0.3) is 5.69 Å². The number of benzene rings is 1. The van der Waals surface area contributed by atoms with Gasteiger partial charge in [0.1, 0.15) is 11.5 Å². The minimum atomic E-state index is -0.462. The van der Waals surface area contributed by atoms with Crippen molar-refractivity contribution in [3.8, 4) is 5.75 Å². The van der Waals surface area contributed by atoms with Crippen molar-refractivity contribution in [2.75, 3.05) is 6.61 Å². The van der Waals surface area contributed by atoms with E-state index in [1.165, 1.54) is 12.1 Å². The molecule has 5 nitrogen and oxygen atoms in total. The number of halogens is 2. The Balaban J connectivity index is 1.99. The van der Waals surface area contributed by atoms with Crippen LogP contribution in [-0.2, 0) is 4.79 Å². The molecule has 1 aromatic carbocycles. The van der Waals surface area contributed by atoms with Crippen molar-refractivity contribution in [2.24, 2.45) is 5.92 Å². The number of nitrogens with zero attached hydrogens (tertiary/aromatic N) is 1. The third kappa shape index (κ3) is 3.58. The molecule has 1 aromatic rings. The largest absolute Gasteiger partial charge is 0.491 e. The van der Waals surface area contributed by atoms with Crippen LogP contribution in [0.1, 0.15) is 25.7 Å². The zero-order valence-electron chi connectivity index (χ0n) is 10.6.